The Morgan fingerprint density at radius 3 is 3.00 bits per heavy atom. The molecule has 1 heterocycles. The summed E-state index contributed by atoms with van der Waals surface area (Å²) in [5.74, 6) is 0.716. The molecule has 0 aliphatic carbocycles. The molecule has 1 fully saturated rings. The molecular formula is C11H23NO2. The Labute approximate surface area is 87.2 Å². The summed E-state index contributed by atoms with van der Waals surface area (Å²) in [4.78, 5) is 0. The van der Waals surface area contributed by atoms with Gasteiger partial charge in [-0.1, -0.05) is 13.8 Å². The lowest BCUT2D eigenvalue weighted by atomic mass is 10.2. The van der Waals surface area contributed by atoms with E-state index in [0.717, 1.165) is 32.9 Å². The highest BCUT2D eigenvalue weighted by atomic mass is 16.5. The van der Waals surface area contributed by atoms with Gasteiger partial charge in [0, 0.05) is 13.2 Å². The van der Waals surface area contributed by atoms with Gasteiger partial charge in [-0.05, 0) is 25.3 Å². The van der Waals surface area contributed by atoms with Gasteiger partial charge in [-0.25, -0.2) is 0 Å². The first-order chi connectivity index (χ1) is 6.79. The van der Waals surface area contributed by atoms with E-state index in [2.05, 4.69) is 19.2 Å². The molecule has 0 saturated carbocycles. The number of hydrogen-bond donors (Lipinski definition) is 1. The highest BCUT2D eigenvalue weighted by molar-refractivity contribution is 4.63. The first-order valence-electron chi connectivity index (χ1n) is 5.69. The maximum absolute atomic E-state index is 5.51. The van der Waals surface area contributed by atoms with E-state index in [-0.39, 0.29) is 0 Å². The first-order valence-corrected chi connectivity index (χ1v) is 5.69. The lowest BCUT2D eigenvalue weighted by molar-refractivity contribution is 0.0182. The van der Waals surface area contributed by atoms with Crippen LogP contribution in [0.4, 0.5) is 0 Å². The van der Waals surface area contributed by atoms with E-state index in [1.165, 1.54) is 12.8 Å². The molecular weight excluding hydrogens is 178 g/mol. The third-order valence-electron chi connectivity index (χ3n) is 2.30. The van der Waals surface area contributed by atoms with E-state index in [9.17, 15) is 0 Å². The molecule has 0 radical (unpaired) electrons. The second kappa shape index (κ2) is 7.21. The van der Waals surface area contributed by atoms with Gasteiger partial charge in [-0.3, -0.25) is 0 Å². The molecule has 0 amide bonds. The smallest absolute Gasteiger partial charge is 0.0809 e. The quantitative estimate of drug-likeness (QED) is 0.632. The van der Waals surface area contributed by atoms with Crippen LogP contribution in [0.15, 0.2) is 0 Å². The van der Waals surface area contributed by atoms with E-state index in [4.69, 9.17) is 9.47 Å². The number of ether oxygens (including phenoxy) is 2. The minimum absolute atomic E-state index is 0.361. The molecule has 1 N–H and O–H groups in total. The highest BCUT2D eigenvalue weighted by Gasteiger charge is 2.14. The van der Waals surface area contributed by atoms with Crippen LogP contribution in [0.1, 0.15) is 26.7 Å². The highest BCUT2D eigenvalue weighted by Crippen LogP contribution is 2.11. The number of rotatable bonds is 7. The average molecular weight is 201 g/mol. The summed E-state index contributed by atoms with van der Waals surface area (Å²) in [5.41, 5.74) is 0. The maximum atomic E-state index is 5.51. The average Bonchev–Trinajstić information content (AvgIpc) is 2.63. The molecule has 0 bridgehead atoms. The van der Waals surface area contributed by atoms with Gasteiger partial charge in [0.1, 0.15) is 0 Å². The summed E-state index contributed by atoms with van der Waals surface area (Å²) in [6.07, 6.45) is 2.72. The Kier molecular flexibility index (Phi) is 6.15. The zero-order chi connectivity index (χ0) is 10.2. The van der Waals surface area contributed by atoms with Crippen LogP contribution in [0, 0.1) is 5.92 Å². The third-order valence-corrected chi connectivity index (χ3v) is 2.30. The largest absolute Gasteiger partial charge is 0.377 e. The van der Waals surface area contributed by atoms with Crippen molar-refractivity contribution in [2.75, 3.05) is 32.9 Å². The lowest BCUT2D eigenvalue weighted by Gasteiger charge is -2.11. The van der Waals surface area contributed by atoms with Gasteiger partial charge in [0.25, 0.3) is 0 Å². The zero-order valence-corrected chi connectivity index (χ0v) is 9.42. The van der Waals surface area contributed by atoms with Crippen molar-refractivity contribution >= 4 is 0 Å². The van der Waals surface area contributed by atoms with Gasteiger partial charge >= 0.3 is 0 Å². The fraction of sp³-hybridized carbons (Fsp3) is 1.00. The molecule has 0 aromatic heterocycles. The lowest BCUT2D eigenvalue weighted by Crippen LogP contribution is -2.25. The second-order valence-electron chi connectivity index (χ2n) is 4.31. The van der Waals surface area contributed by atoms with Gasteiger partial charge in [-0.2, -0.15) is 0 Å². The Balaban J connectivity index is 1.79. The molecule has 3 nitrogen and oxygen atoms in total. The normalized spacial score (nSPS) is 22.1. The standard InChI is InChI=1S/C11H23NO2/c1-10(2)8-12-5-7-13-9-11-4-3-6-14-11/h10-12H,3-9H2,1-2H3. The van der Waals surface area contributed by atoms with Crippen LogP contribution in [0.3, 0.4) is 0 Å². The predicted octanol–water partition coefficient (Wildman–Crippen LogP) is 1.43. The third kappa shape index (κ3) is 5.58. The molecule has 0 spiro atoms. The molecule has 0 aromatic carbocycles. The Morgan fingerprint density at radius 1 is 1.50 bits per heavy atom. The molecule has 0 aromatic rings. The van der Waals surface area contributed by atoms with Gasteiger partial charge < -0.3 is 14.8 Å². The molecule has 1 aliphatic heterocycles. The monoisotopic (exact) mass is 201 g/mol. The van der Waals surface area contributed by atoms with E-state index < -0.39 is 0 Å². The van der Waals surface area contributed by atoms with Gasteiger partial charge in [0.2, 0.25) is 0 Å². The molecule has 1 saturated heterocycles. The number of nitrogens with one attached hydrogen (secondary N) is 1. The van der Waals surface area contributed by atoms with E-state index >= 15 is 0 Å². The summed E-state index contributed by atoms with van der Waals surface area (Å²) in [7, 11) is 0. The summed E-state index contributed by atoms with van der Waals surface area (Å²) >= 11 is 0. The van der Waals surface area contributed by atoms with Crippen LogP contribution in [0.25, 0.3) is 0 Å². The fourth-order valence-electron chi connectivity index (χ4n) is 1.53. The Morgan fingerprint density at radius 2 is 2.36 bits per heavy atom. The van der Waals surface area contributed by atoms with Crippen molar-refractivity contribution in [3.8, 4) is 0 Å². The van der Waals surface area contributed by atoms with Crippen LogP contribution in [0.2, 0.25) is 0 Å². The Bertz CT molecular complexity index is 133. The first kappa shape index (κ1) is 12.0. The summed E-state index contributed by atoms with van der Waals surface area (Å²) in [6.45, 7) is 8.92. The van der Waals surface area contributed by atoms with Crippen molar-refractivity contribution in [2.45, 2.75) is 32.8 Å². The maximum Gasteiger partial charge on any atom is 0.0809 e. The van der Waals surface area contributed by atoms with Crippen LogP contribution < -0.4 is 5.32 Å². The van der Waals surface area contributed by atoms with Crippen molar-refractivity contribution in [3.05, 3.63) is 0 Å². The van der Waals surface area contributed by atoms with Crippen molar-refractivity contribution in [2.24, 2.45) is 5.92 Å². The summed E-state index contributed by atoms with van der Waals surface area (Å²) in [6, 6.07) is 0. The van der Waals surface area contributed by atoms with Crippen LogP contribution >= 0.6 is 0 Å². The molecule has 1 atom stereocenters. The molecule has 1 rings (SSSR count). The van der Waals surface area contributed by atoms with Gasteiger partial charge in [0.05, 0.1) is 19.3 Å². The minimum atomic E-state index is 0.361. The van der Waals surface area contributed by atoms with Crippen LogP contribution in [-0.4, -0.2) is 39.0 Å². The van der Waals surface area contributed by atoms with Crippen molar-refractivity contribution < 1.29 is 9.47 Å². The topological polar surface area (TPSA) is 30.5 Å². The van der Waals surface area contributed by atoms with Gasteiger partial charge in [0.15, 0.2) is 0 Å². The fourth-order valence-corrected chi connectivity index (χ4v) is 1.53. The molecule has 84 valence electrons. The predicted molar refractivity (Wildman–Crippen MR) is 57.5 cm³/mol. The molecule has 3 heteroatoms. The van der Waals surface area contributed by atoms with Gasteiger partial charge in [-0.15, -0.1) is 0 Å². The summed E-state index contributed by atoms with van der Waals surface area (Å²) in [5, 5.41) is 3.34. The second-order valence-corrected chi connectivity index (χ2v) is 4.31. The van der Waals surface area contributed by atoms with Crippen LogP contribution in [0.5, 0.6) is 0 Å². The SMILES string of the molecule is CC(C)CNCCOCC1CCCO1. The minimum Gasteiger partial charge on any atom is -0.377 e. The number of hydrogen-bond acceptors (Lipinski definition) is 3. The zero-order valence-electron chi connectivity index (χ0n) is 9.42. The molecule has 1 unspecified atom stereocenters. The molecule has 14 heavy (non-hydrogen) atoms. The van der Waals surface area contributed by atoms with Crippen molar-refractivity contribution in [1.82, 2.24) is 5.32 Å². The van der Waals surface area contributed by atoms with Crippen molar-refractivity contribution in [1.29, 1.82) is 0 Å². The summed E-state index contributed by atoms with van der Waals surface area (Å²) < 4.78 is 11.0. The van der Waals surface area contributed by atoms with E-state index in [0.29, 0.717) is 12.0 Å². The molecule has 1 aliphatic rings. The Hall–Kier alpha value is -0.120. The van der Waals surface area contributed by atoms with Crippen LogP contribution in [-0.2, 0) is 9.47 Å². The van der Waals surface area contributed by atoms with E-state index in [1.807, 2.05) is 0 Å². The van der Waals surface area contributed by atoms with Crippen molar-refractivity contribution in [3.63, 3.8) is 0 Å². The van der Waals surface area contributed by atoms with E-state index in [1.54, 1.807) is 0 Å².